The molecule has 2 aromatic carbocycles. The third kappa shape index (κ3) is 6.48. The van der Waals surface area contributed by atoms with Crippen molar-refractivity contribution in [3.8, 4) is 11.1 Å². The van der Waals surface area contributed by atoms with Gasteiger partial charge in [0.2, 0.25) is 5.91 Å². The summed E-state index contributed by atoms with van der Waals surface area (Å²) < 4.78 is 5.72. The number of amides is 2. The van der Waals surface area contributed by atoms with E-state index >= 15 is 0 Å². The van der Waals surface area contributed by atoms with Crippen LogP contribution in [0.1, 0.15) is 49.1 Å². The largest absolute Gasteiger partial charge is 0.449 e. The zero-order chi connectivity index (χ0) is 25.5. The highest BCUT2D eigenvalue weighted by molar-refractivity contribution is 8.76. The molecule has 0 aliphatic heterocycles. The fraction of sp³-hybridized carbons (Fsp3) is 0.345. The first kappa shape index (κ1) is 25.7. The number of pyridine rings is 1. The zero-order valence-electron chi connectivity index (χ0n) is 20.6. The van der Waals surface area contributed by atoms with Crippen molar-refractivity contribution < 1.29 is 14.3 Å². The molecule has 1 fully saturated rings. The summed E-state index contributed by atoms with van der Waals surface area (Å²) in [5.41, 5.74) is 4.68. The van der Waals surface area contributed by atoms with Crippen molar-refractivity contribution in [2.45, 2.75) is 55.1 Å². The van der Waals surface area contributed by atoms with E-state index < -0.39 is 12.1 Å². The van der Waals surface area contributed by atoms with Crippen LogP contribution in [-0.4, -0.2) is 41.4 Å². The first-order chi connectivity index (χ1) is 18.2. The van der Waals surface area contributed by atoms with Gasteiger partial charge < -0.3 is 15.4 Å². The van der Waals surface area contributed by atoms with Gasteiger partial charge in [-0.3, -0.25) is 4.79 Å². The lowest BCUT2D eigenvalue weighted by atomic mass is 9.95. The molecule has 2 amide bonds. The summed E-state index contributed by atoms with van der Waals surface area (Å²) in [6.07, 6.45) is 6.60. The van der Waals surface area contributed by atoms with Crippen LogP contribution in [0.4, 0.5) is 4.79 Å². The highest BCUT2D eigenvalue weighted by atomic mass is 33.1. The van der Waals surface area contributed by atoms with Crippen LogP contribution < -0.4 is 10.6 Å². The number of fused-ring (bicyclic) bond motifs is 3. The molecule has 3 aromatic rings. The van der Waals surface area contributed by atoms with Gasteiger partial charge in [-0.15, -0.1) is 0 Å². The Morgan fingerprint density at radius 1 is 0.919 bits per heavy atom. The highest BCUT2D eigenvalue weighted by Crippen LogP contribution is 2.44. The minimum absolute atomic E-state index is 0.0262. The average molecular weight is 534 g/mol. The molecule has 2 aliphatic carbocycles. The molecule has 0 radical (unpaired) electrons. The summed E-state index contributed by atoms with van der Waals surface area (Å²) >= 11 is 0. The zero-order valence-corrected chi connectivity index (χ0v) is 22.2. The van der Waals surface area contributed by atoms with Gasteiger partial charge >= 0.3 is 6.09 Å². The quantitative estimate of drug-likeness (QED) is 0.320. The Kier molecular flexibility index (Phi) is 8.68. The molecule has 5 rings (SSSR count). The van der Waals surface area contributed by atoms with Crippen molar-refractivity contribution in [3.05, 3.63) is 84.1 Å². The molecule has 192 valence electrons. The van der Waals surface area contributed by atoms with Gasteiger partial charge in [0, 0.05) is 23.9 Å². The van der Waals surface area contributed by atoms with Crippen LogP contribution in [0.25, 0.3) is 11.1 Å². The molecular formula is C29H31N3O3S2. The number of ether oxygens (including phenoxy) is 1. The number of hydrogen-bond donors (Lipinski definition) is 2. The number of hydrogen-bond acceptors (Lipinski definition) is 6. The molecule has 1 atom stereocenters. The van der Waals surface area contributed by atoms with E-state index in [4.69, 9.17) is 4.74 Å². The molecule has 1 aromatic heterocycles. The van der Waals surface area contributed by atoms with Gasteiger partial charge in [0.1, 0.15) is 17.7 Å². The number of nitrogens with zero attached hydrogens (tertiary/aromatic N) is 1. The molecule has 0 spiro atoms. The van der Waals surface area contributed by atoms with Gasteiger partial charge in [0.25, 0.3) is 0 Å². The first-order valence-electron chi connectivity index (χ1n) is 12.8. The van der Waals surface area contributed by atoms with E-state index in [0.29, 0.717) is 5.75 Å². The third-order valence-electron chi connectivity index (χ3n) is 6.92. The SMILES string of the molecule is O=C(N[C@@H](CSSc1ccccn1)C(=O)NC1CCCCC1)OCC1c2ccccc2-c2ccccc21. The van der Waals surface area contributed by atoms with Crippen molar-refractivity contribution in [1.29, 1.82) is 0 Å². The van der Waals surface area contributed by atoms with Crippen molar-refractivity contribution in [3.63, 3.8) is 0 Å². The van der Waals surface area contributed by atoms with E-state index in [1.54, 1.807) is 6.20 Å². The fourth-order valence-corrected chi connectivity index (χ4v) is 7.14. The molecule has 0 bridgehead atoms. The van der Waals surface area contributed by atoms with Gasteiger partial charge in [-0.1, -0.05) is 84.7 Å². The summed E-state index contributed by atoms with van der Waals surface area (Å²) in [7, 11) is 2.99. The van der Waals surface area contributed by atoms with Crippen LogP contribution >= 0.6 is 21.6 Å². The lowest BCUT2D eigenvalue weighted by Gasteiger charge is -2.26. The molecule has 37 heavy (non-hydrogen) atoms. The number of alkyl carbamates (subject to hydrolysis) is 1. The maximum Gasteiger partial charge on any atom is 0.407 e. The molecule has 6 nitrogen and oxygen atoms in total. The number of benzene rings is 2. The van der Waals surface area contributed by atoms with E-state index in [9.17, 15) is 9.59 Å². The monoisotopic (exact) mass is 533 g/mol. The van der Waals surface area contributed by atoms with Gasteiger partial charge in [0.05, 0.1) is 0 Å². The number of nitrogens with one attached hydrogen (secondary N) is 2. The van der Waals surface area contributed by atoms with E-state index in [0.717, 1.165) is 41.8 Å². The number of rotatable bonds is 9. The Morgan fingerprint density at radius 2 is 1.59 bits per heavy atom. The molecule has 1 saturated carbocycles. The third-order valence-corrected chi connectivity index (χ3v) is 9.19. The van der Waals surface area contributed by atoms with E-state index in [-0.39, 0.29) is 24.5 Å². The second-order valence-corrected chi connectivity index (χ2v) is 11.8. The Hall–Kier alpha value is -2.97. The van der Waals surface area contributed by atoms with Crippen LogP contribution in [0.15, 0.2) is 78.0 Å². The van der Waals surface area contributed by atoms with Gasteiger partial charge in [-0.05, 0) is 58.0 Å². The predicted molar refractivity (Wildman–Crippen MR) is 150 cm³/mol. The summed E-state index contributed by atoms with van der Waals surface area (Å²) in [5.74, 6) is 0.223. The highest BCUT2D eigenvalue weighted by Gasteiger charge is 2.30. The van der Waals surface area contributed by atoms with Gasteiger partial charge in [0.15, 0.2) is 0 Å². The van der Waals surface area contributed by atoms with Crippen molar-refractivity contribution in [1.82, 2.24) is 15.6 Å². The molecule has 0 unspecified atom stereocenters. The van der Waals surface area contributed by atoms with Gasteiger partial charge in [-0.25, -0.2) is 9.78 Å². The average Bonchev–Trinajstić information content (AvgIpc) is 3.26. The summed E-state index contributed by atoms with van der Waals surface area (Å²) in [6, 6.07) is 21.7. The Balaban J connectivity index is 1.21. The summed E-state index contributed by atoms with van der Waals surface area (Å²) in [6.45, 7) is 0.215. The minimum Gasteiger partial charge on any atom is -0.449 e. The predicted octanol–water partition coefficient (Wildman–Crippen LogP) is 6.18. The topological polar surface area (TPSA) is 80.3 Å². The first-order valence-corrected chi connectivity index (χ1v) is 15.1. The molecule has 8 heteroatoms. The molecule has 0 saturated heterocycles. The van der Waals surface area contributed by atoms with Crippen LogP contribution in [0.5, 0.6) is 0 Å². The lowest BCUT2D eigenvalue weighted by molar-refractivity contribution is -0.123. The normalized spacial score (nSPS) is 15.9. The van der Waals surface area contributed by atoms with Crippen LogP contribution in [0, 0.1) is 0 Å². The van der Waals surface area contributed by atoms with Crippen LogP contribution in [0.3, 0.4) is 0 Å². The molecule has 1 heterocycles. The standard InChI is InChI=1S/C29H31N3O3S2/c33-28(31-20-10-2-1-3-11-20)26(19-36-37-27-16-8-9-17-30-27)32-29(34)35-18-25-23-14-6-4-12-21(23)22-13-5-7-15-24(22)25/h4-9,12-17,20,25-26H,1-3,10-11,18-19H2,(H,31,33)(H,32,34)/t26-/m0/s1. The summed E-state index contributed by atoms with van der Waals surface area (Å²) in [4.78, 5) is 30.4. The van der Waals surface area contributed by atoms with Crippen molar-refractivity contribution in [2.75, 3.05) is 12.4 Å². The smallest absolute Gasteiger partial charge is 0.407 e. The maximum absolute atomic E-state index is 13.2. The molecular weight excluding hydrogens is 502 g/mol. The van der Waals surface area contributed by atoms with E-state index in [2.05, 4.69) is 39.9 Å². The number of carbonyl (C=O) groups is 2. The van der Waals surface area contributed by atoms with Crippen molar-refractivity contribution in [2.24, 2.45) is 0 Å². The lowest BCUT2D eigenvalue weighted by Crippen LogP contribution is -2.51. The Labute approximate surface area is 225 Å². The Bertz CT molecular complexity index is 1170. The number of aromatic nitrogens is 1. The second kappa shape index (κ2) is 12.5. The van der Waals surface area contributed by atoms with Gasteiger partial charge in [-0.2, -0.15) is 0 Å². The molecule has 2 aliphatic rings. The minimum atomic E-state index is -0.696. The maximum atomic E-state index is 13.2. The van der Waals surface area contributed by atoms with E-state index in [1.165, 1.54) is 39.1 Å². The number of carbonyl (C=O) groups excluding carboxylic acids is 2. The fourth-order valence-electron chi connectivity index (χ4n) is 5.07. The second-order valence-electron chi connectivity index (χ2n) is 9.40. The Morgan fingerprint density at radius 3 is 2.27 bits per heavy atom. The van der Waals surface area contributed by atoms with E-state index in [1.807, 2.05) is 42.5 Å². The summed E-state index contributed by atoms with van der Waals surface area (Å²) in [5, 5.41) is 6.85. The molecule has 2 N–H and O–H groups in total. The van der Waals surface area contributed by atoms with Crippen LogP contribution in [-0.2, 0) is 9.53 Å². The van der Waals surface area contributed by atoms with Crippen molar-refractivity contribution >= 4 is 33.6 Å². The van der Waals surface area contributed by atoms with Crippen LogP contribution in [0.2, 0.25) is 0 Å².